The van der Waals surface area contributed by atoms with E-state index in [-0.39, 0.29) is 23.5 Å². The van der Waals surface area contributed by atoms with E-state index < -0.39 is 15.8 Å². The molecule has 152 valence electrons. The average Bonchev–Trinajstić information content (AvgIpc) is 2.72. The number of benzene rings is 2. The number of rotatable bonds is 6. The summed E-state index contributed by atoms with van der Waals surface area (Å²) in [6.07, 6.45) is 1.96. The SMILES string of the molecule is CC1CCN(c2ccc(C(=O)NCc3ccc([N+](=O)[O-])cc3)cc2[N+](=O)[O-])CC1. The fourth-order valence-corrected chi connectivity index (χ4v) is 3.35. The Hall–Kier alpha value is -3.49. The number of anilines is 1. The number of nitrogens with one attached hydrogen (secondary N) is 1. The van der Waals surface area contributed by atoms with Crippen LogP contribution in [0.1, 0.15) is 35.7 Å². The van der Waals surface area contributed by atoms with Crippen molar-refractivity contribution < 1.29 is 14.6 Å². The first-order valence-corrected chi connectivity index (χ1v) is 9.40. The van der Waals surface area contributed by atoms with Crippen LogP contribution in [-0.4, -0.2) is 28.8 Å². The quantitative estimate of drug-likeness (QED) is 0.586. The highest BCUT2D eigenvalue weighted by molar-refractivity contribution is 5.95. The summed E-state index contributed by atoms with van der Waals surface area (Å²) in [7, 11) is 0. The highest BCUT2D eigenvalue weighted by Crippen LogP contribution is 2.32. The molecule has 1 aliphatic heterocycles. The molecule has 0 aromatic heterocycles. The van der Waals surface area contributed by atoms with Crippen LogP contribution in [0, 0.1) is 26.1 Å². The summed E-state index contributed by atoms with van der Waals surface area (Å²) in [4.78, 5) is 35.7. The number of carbonyl (C=O) groups excluding carboxylic acids is 1. The first-order chi connectivity index (χ1) is 13.8. The van der Waals surface area contributed by atoms with Crippen LogP contribution >= 0.6 is 0 Å². The topological polar surface area (TPSA) is 119 Å². The smallest absolute Gasteiger partial charge is 0.293 e. The van der Waals surface area contributed by atoms with Gasteiger partial charge in [-0.2, -0.15) is 0 Å². The number of amides is 1. The van der Waals surface area contributed by atoms with E-state index in [4.69, 9.17) is 0 Å². The van der Waals surface area contributed by atoms with Crippen LogP contribution in [-0.2, 0) is 6.54 Å². The Morgan fingerprint density at radius 1 is 1.07 bits per heavy atom. The van der Waals surface area contributed by atoms with E-state index in [1.807, 2.05) is 4.90 Å². The van der Waals surface area contributed by atoms with Gasteiger partial charge in [0.1, 0.15) is 5.69 Å². The third-order valence-electron chi connectivity index (χ3n) is 5.16. The zero-order chi connectivity index (χ0) is 21.0. The number of piperidine rings is 1. The highest BCUT2D eigenvalue weighted by atomic mass is 16.6. The summed E-state index contributed by atoms with van der Waals surface area (Å²) < 4.78 is 0. The summed E-state index contributed by atoms with van der Waals surface area (Å²) in [5.74, 6) is 0.167. The number of hydrogen-bond acceptors (Lipinski definition) is 6. The molecule has 1 fully saturated rings. The maximum Gasteiger partial charge on any atom is 0.293 e. The van der Waals surface area contributed by atoms with E-state index in [9.17, 15) is 25.0 Å². The van der Waals surface area contributed by atoms with Gasteiger partial charge in [-0.3, -0.25) is 25.0 Å². The third kappa shape index (κ3) is 4.87. The van der Waals surface area contributed by atoms with Gasteiger partial charge in [-0.05, 0) is 36.5 Å². The lowest BCUT2D eigenvalue weighted by Gasteiger charge is -2.31. The van der Waals surface area contributed by atoms with E-state index in [0.29, 0.717) is 17.2 Å². The first-order valence-electron chi connectivity index (χ1n) is 9.40. The van der Waals surface area contributed by atoms with Gasteiger partial charge in [0.2, 0.25) is 0 Å². The van der Waals surface area contributed by atoms with Crippen LogP contribution in [0.2, 0.25) is 0 Å². The highest BCUT2D eigenvalue weighted by Gasteiger charge is 2.24. The van der Waals surface area contributed by atoms with E-state index >= 15 is 0 Å². The average molecular weight is 398 g/mol. The lowest BCUT2D eigenvalue weighted by atomic mass is 9.98. The molecule has 0 aliphatic carbocycles. The minimum absolute atomic E-state index is 0.0293. The van der Waals surface area contributed by atoms with Crippen LogP contribution in [0.25, 0.3) is 0 Å². The minimum atomic E-state index is -0.494. The third-order valence-corrected chi connectivity index (χ3v) is 5.16. The molecule has 9 nitrogen and oxygen atoms in total. The Balaban J connectivity index is 1.71. The molecule has 0 atom stereocenters. The van der Waals surface area contributed by atoms with Crippen LogP contribution in [0.4, 0.5) is 17.1 Å². The van der Waals surface area contributed by atoms with Gasteiger partial charge >= 0.3 is 0 Å². The molecule has 0 unspecified atom stereocenters. The van der Waals surface area contributed by atoms with Gasteiger partial charge in [-0.15, -0.1) is 0 Å². The standard InChI is InChI=1S/C20H22N4O5/c1-14-8-10-22(11-9-14)18-7-4-16(12-19(18)24(28)29)20(25)21-13-15-2-5-17(6-3-15)23(26)27/h2-7,12,14H,8-11,13H2,1H3,(H,21,25). The van der Waals surface area contributed by atoms with Crippen molar-refractivity contribution in [1.29, 1.82) is 0 Å². The molecule has 0 radical (unpaired) electrons. The summed E-state index contributed by atoms with van der Waals surface area (Å²) in [5, 5.41) is 24.9. The summed E-state index contributed by atoms with van der Waals surface area (Å²) in [6.45, 7) is 3.85. The van der Waals surface area contributed by atoms with Gasteiger partial charge in [0, 0.05) is 43.4 Å². The maximum atomic E-state index is 12.4. The van der Waals surface area contributed by atoms with Crippen LogP contribution in [0.15, 0.2) is 42.5 Å². The van der Waals surface area contributed by atoms with Gasteiger partial charge in [0.05, 0.1) is 9.85 Å². The second kappa shape index (κ2) is 8.68. The van der Waals surface area contributed by atoms with Gasteiger partial charge < -0.3 is 10.2 Å². The fourth-order valence-electron chi connectivity index (χ4n) is 3.35. The summed E-state index contributed by atoms with van der Waals surface area (Å²) in [6, 6.07) is 10.4. The zero-order valence-electron chi connectivity index (χ0n) is 16.0. The van der Waals surface area contributed by atoms with Crippen LogP contribution < -0.4 is 10.2 Å². The molecular formula is C20H22N4O5. The number of hydrogen-bond donors (Lipinski definition) is 1. The number of nitrogens with zero attached hydrogens (tertiary/aromatic N) is 3. The van der Waals surface area contributed by atoms with Crippen molar-refractivity contribution >= 4 is 23.0 Å². The zero-order valence-corrected chi connectivity index (χ0v) is 16.0. The van der Waals surface area contributed by atoms with Crippen molar-refractivity contribution in [2.24, 2.45) is 5.92 Å². The molecule has 9 heteroatoms. The van der Waals surface area contributed by atoms with Gasteiger partial charge in [0.15, 0.2) is 0 Å². The van der Waals surface area contributed by atoms with E-state index in [1.165, 1.54) is 18.2 Å². The molecule has 0 saturated carbocycles. The van der Waals surface area contributed by atoms with Crippen molar-refractivity contribution in [1.82, 2.24) is 5.32 Å². The Labute approximate surface area is 167 Å². The number of nitro benzene ring substituents is 2. The molecule has 2 aromatic carbocycles. The number of non-ortho nitro benzene ring substituents is 1. The van der Waals surface area contributed by atoms with Gasteiger partial charge in [-0.25, -0.2) is 0 Å². The Morgan fingerprint density at radius 3 is 2.31 bits per heavy atom. The fraction of sp³-hybridized carbons (Fsp3) is 0.350. The predicted molar refractivity (Wildman–Crippen MR) is 108 cm³/mol. The van der Waals surface area contributed by atoms with Crippen molar-refractivity contribution in [2.45, 2.75) is 26.3 Å². The minimum Gasteiger partial charge on any atom is -0.366 e. The van der Waals surface area contributed by atoms with Gasteiger partial charge in [-0.1, -0.05) is 19.1 Å². The second-order valence-electron chi connectivity index (χ2n) is 7.24. The molecule has 1 amide bonds. The first kappa shape index (κ1) is 20.2. The Morgan fingerprint density at radius 2 is 1.72 bits per heavy atom. The molecule has 3 rings (SSSR count). The monoisotopic (exact) mass is 398 g/mol. The summed E-state index contributed by atoms with van der Waals surface area (Å²) >= 11 is 0. The Bertz CT molecular complexity index is 921. The Kier molecular flexibility index (Phi) is 6.06. The molecule has 1 heterocycles. The van der Waals surface area contributed by atoms with Crippen molar-refractivity contribution in [3.8, 4) is 0 Å². The van der Waals surface area contributed by atoms with E-state index in [1.54, 1.807) is 24.3 Å². The van der Waals surface area contributed by atoms with Crippen molar-refractivity contribution in [3.63, 3.8) is 0 Å². The van der Waals surface area contributed by atoms with Crippen LogP contribution in [0.5, 0.6) is 0 Å². The maximum absolute atomic E-state index is 12.4. The lowest BCUT2D eigenvalue weighted by Crippen LogP contribution is -2.33. The largest absolute Gasteiger partial charge is 0.366 e. The van der Waals surface area contributed by atoms with Crippen molar-refractivity contribution in [3.05, 3.63) is 73.8 Å². The van der Waals surface area contributed by atoms with E-state index in [2.05, 4.69) is 12.2 Å². The molecular weight excluding hydrogens is 376 g/mol. The second-order valence-corrected chi connectivity index (χ2v) is 7.24. The molecule has 29 heavy (non-hydrogen) atoms. The molecule has 0 bridgehead atoms. The van der Waals surface area contributed by atoms with Crippen LogP contribution in [0.3, 0.4) is 0 Å². The van der Waals surface area contributed by atoms with E-state index in [0.717, 1.165) is 25.9 Å². The van der Waals surface area contributed by atoms with Crippen molar-refractivity contribution in [2.75, 3.05) is 18.0 Å². The van der Waals surface area contributed by atoms with Gasteiger partial charge in [0.25, 0.3) is 17.3 Å². The lowest BCUT2D eigenvalue weighted by molar-refractivity contribution is -0.384. The molecule has 1 N–H and O–H groups in total. The predicted octanol–water partition coefficient (Wildman–Crippen LogP) is 3.67. The molecule has 0 spiro atoms. The number of carbonyl (C=O) groups is 1. The molecule has 2 aromatic rings. The summed E-state index contributed by atoms with van der Waals surface area (Å²) in [5.41, 5.74) is 1.32. The number of nitro groups is 2. The molecule has 1 saturated heterocycles. The molecule has 1 aliphatic rings. The normalized spacial score (nSPS) is 14.4.